The predicted octanol–water partition coefficient (Wildman–Crippen LogP) is 3.57. The van der Waals surface area contributed by atoms with Crippen LogP contribution in [0.3, 0.4) is 0 Å². The second-order valence-corrected chi connectivity index (χ2v) is 5.06. The molecule has 0 radical (unpaired) electrons. The van der Waals surface area contributed by atoms with Crippen molar-refractivity contribution in [2.24, 2.45) is 0 Å². The first-order chi connectivity index (χ1) is 8.93. The molecule has 98 valence electrons. The first-order valence-corrected chi connectivity index (χ1v) is 6.08. The first kappa shape index (κ1) is 13.3. The molecule has 0 unspecified atom stereocenters. The maximum Gasteiger partial charge on any atom is 0.172 e. The number of benzene rings is 2. The lowest BCUT2D eigenvalue weighted by atomic mass is 9.78. The molecule has 0 heterocycles. The lowest BCUT2D eigenvalue weighted by molar-refractivity contribution is 0.0908. The standard InChI is InChI=1S/C16H16FNO/c1-16(2,12-8-9-13(17)14(18)10-12)15(19)11-6-4-3-5-7-11/h3-10H,18H2,1-2H3. The number of hydrogen-bond acceptors (Lipinski definition) is 2. The summed E-state index contributed by atoms with van der Waals surface area (Å²) in [6.45, 7) is 3.63. The minimum Gasteiger partial charge on any atom is -0.396 e. The van der Waals surface area contributed by atoms with Crippen LogP contribution in [0.15, 0.2) is 48.5 Å². The molecule has 0 spiro atoms. The smallest absolute Gasteiger partial charge is 0.172 e. The molecule has 0 saturated carbocycles. The number of carbonyl (C=O) groups is 1. The number of anilines is 1. The van der Waals surface area contributed by atoms with E-state index in [0.717, 1.165) is 0 Å². The molecule has 0 fully saturated rings. The van der Waals surface area contributed by atoms with E-state index in [-0.39, 0.29) is 11.5 Å². The lowest BCUT2D eigenvalue weighted by Crippen LogP contribution is -2.29. The van der Waals surface area contributed by atoms with Crippen LogP contribution in [-0.2, 0) is 5.41 Å². The van der Waals surface area contributed by atoms with Gasteiger partial charge in [-0.25, -0.2) is 4.39 Å². The van der Waals surface area contributed by atoms with Gasteiger partial charge in [0.05, 0.1) is 11.1 Å². The Hall–Kier alpha value is -2.16. The molecule has 0 aliphatic rings. The highest BCUT2D eigenvalue weighted by Crippen LogP contribution is 2.29. The van der Waals surface area contributed by atoms with Gasteiger partial charge in [0, 0.05) is 5.56 Å². The number of carbonyl (C=O) groups excluding carboxylic acids is 1. The van der Waals surface area contributed by atoms with E-state index in [2.05, 4.69) is 0 Å². The first-order valence-electron chi connectivity index (χ1n) is 6.08. The summed E-state index contributed by atoms with van der Waals surface area (Å²) in [4.78, 5) is 12.5. The molecule has 0 aliphatic carbocycles. The van der Waals surface area contributed by atoms with E-state index in [1.807, 2.05) is 32.0 Å². The summed E-state index contributed by atoms with van der Waals surface area (Å²) in [6.07, 6.45) is 0. The number of halogens is 1. The van der Waals surface area contributed by atoms with E-state index in [0.29, 0.717) is 11.1 Å². The largest absolute Gasteiger partial charge is 0.396 e. The third-order valence-corrected chi connectivity index (χ3v) is 3.32. The number of ketones is 1. The summed E-state index contributed by atoms with van der Waals surface area (Å²) >= 11 is 0. The Morgan fingerprint density at radius 2 is 1.74 bits per heavy atom. The Bertz CT molecular complexity index is 605. The lowest BCUT2D eigenvalue weighted by Gasteiger charge is -2.24. The average Bonchev–Trinajstić information content (AvgIpc) is 2.41. The van der Waals surface area contributed by atoms with E-state index in [1.165, 1.54) is 12.1 Å². The second-order valence-electron chi connectivity index (χ2n) is 5.06. The molecular formula is C16H16FNO. The highest BCUT2D eigenvalue weighted by Gasteiger charge is 2.30. The van der Waals surface area contributed by atoms with Crippen LogP contribution >= 0.6 is 0 Å². The molecule has 0 aromatic heterocycles. The monoisotopic (exact) mass is 257 g/mol. The number of nitrogen functional groups attached to an aromatic ring is 1. The van der Waals surface area contributed by atoms with Crippen LogP contribution in [0, 0.1) is 5.82 Å². The quantitative estimate of drug-likeness (QED) is 0.674. The number of rotatable bonds is 3. The van der Waals surface area contributed by atoms with E-state index in [9.17, 15) is 9.18 Å². The third-order valence-electron chi connectivity index (χ3n) is 3.32. The van der Waals surface area contributed by atoms with Crippen molar-refractivity contribution in [3.8, 4) is 0 Å². The molecule has 19 heavy (non-hydrogen) atoms. The molecule has 2 N–H and O–H groups in total. The molecule has 0 bridgehead atoms. The van der Waals surface area contributed by atoms with Crippen LogP contribution in [0.5, 0.6) is 0 Å². The van der Waals surface area contributed by atoms with Crippen molar-refractivity contribution in [2.75, 3.05) is 5.73 Å². The van der Waals surface area contributed by atoms with Crippen LogP contribution in [0.4, 0.5) is 10.1 Å². The van der Waals surface area contributed by atoms with Crippen LogP contribution in [0.2, 0.25) is 0 Å². The van der Waals surface area contributed by atoms with Crippen molar-refractivity contribution in [3.05, 3.63) is 65.5 Å². The topological polar surface area (TPSA) is 43.1 Å². The number of hydrogen-bond donors (Lipinski definition) is 1. The molecule has 2 aromatic rings. The van der Waals surface area contributed by atoms with Gasteiger partial charge in [-0.3, -0.25) is 4.79 Å². The summed E-state index contributed by atoms with van der Waals surface area (Å²) in [6, 6.07) is 13.5. The van der Waals surface area contributed by atoms with Crippen molar-refractivity contribution in [1.82, 2.24) is 0 Å². The Balaban J connectivity index is 2.41. The van der Waals surface area contributed by atoms with Crippen molar-refractivity contribution in [1.29, 1.82) is 0 Å². The van der Waals surface area contributed by atoms with Crippen LogP contribution in [-0.4, -0.2) is 5.78 Å². The van der Waals surface area contributed by atoms with Gasteiger partial charge in [-0.2, -0.15) is 0 Å². The van der Waals surface area contributed by atoms with Gasteiger partial charge in [0.1, 0.15) is 5.82 Å². The molecule has 0 atom stereocenters. The van der Waals surface area contributed by atoms with Crippen molar-refractivity contribution < 1.29 is 9.18 Å². The fourth-order valence-electron chi connectivity index (χ4n) is 2.01. The maximum atomic E-state index is 13.2. The van der Waals surface area contributed by atoms with Crippen LogP contribution in [0.25, 0.3) is 0 Å². The number of nitrogens with two attached hydrogens (primary N) is 1. The summed E-state index contributed by atoms with van der Waals surface area (Å²) in [5.74, 6) is -0.481. The van der Waals surface area contributed by atoms with Crippen LogP contribution < -0.4 is 5.73 Å². The van der Waals surface area contributed by atoms with Crippen molar-refractivity contribution in [2.45, 2.75) is 19.3 Å². The van der Waals surface area contributed by atoms with Gasteiger partial charge in [-0.05, 0) is 31.5 Å². The van der Waals surface area contributed by atoms with Gasteiger partial charge in [-0.15, -0.1) is 0 Å². The molecule has 0 aliphatic heterocycles. The highest BCUT2D eigenvalue weighted by atomic mass is 19.1. The summed E-state index contributed by atoms with van der Waals surface area (Å²) in [7, 11) is 0. The van der Waals surface area contributed by atoms with Gasteiger partial charge in [-0.1, -0.05) is 36.4 Å². The summed E-state index contributed by atoms with van der Waals surface area (Å²) in [5, 5.41) is 0. The van der Waals surface area contributed by atoms with Gasteiger partial charge in [0.15, 0.2) is 5.78 Å². The summed E-state index contributed by atoms with van der Waals surface area (Å²) < 4.78 is 13.2. The van der Waals surface area contributed by atoms with E-state index >= 15 is 0 Å². The SMILES string of the molecule is CC(C)(C(=O)c1ccccc1)c1ccc(F)c(N)c1. The zero-order chi connectivity index (χ0) is 14.0. The molecule has 3 heteroatoms. The predicted molar refractivity (Wildman–Crippen MR) is 74.6 cm³/mol. The third kappa shape index (κ3) is 2.50. The molecule has 2 rings (SSSR count). The molecule has 2 aromatic carbocycles. The molecule has 2 nitrogen and oxygen atoms in total. The van der Waals surface area contributed by atoms with Crippen LogP contribution in [0.1, 0.15) is 29.8 Å². The normalized spacial score (nSPS) is 11.3. The van der Waals surface area contributed by atoms with E-state index < -0.39 is 11.2 Å². The number of Topliss-reactive ketones (excluding diaryl/α,β-unsaturated/α-hetero) is 1. The summed E-state index contributed by atoms with van der Waals surface area (Å²) in [5.41, 5.74) is 6.23. The Morgan fingerprint density at radius 3 is 2.32 bits per heavy atom. The Kier molecular flexibility index (Phi) is 3.38. The molecular weight excluding hydrogens is 241 g/mol. The Labute approximate surface area is 112 Å². The van der Waals surface area contributed by atoms with E-state index in [1.54, 1.807) is 18.2 Å². The van der Waals surface area contributed by atoms with Crippen molar-refractivity contribution >= 4 is 11.5 Å². The highest BCUT2D eigenvalue weighted by molar-refractivity contribution is 6.03. The molecule has 0 amide bonds. The minimum atomic E-state index is -0.747. The second kappa shape index (κ2) is 4.84. The average molecular weight is 257 g/mol. The fraction of sp³-hybridized carbons (Fsp3) is 0.188. The van der Waals surface area contributed by atoms with Crippen molar-refractivity contribution in [3.63, 3.8) is 0 Å². The Morgan fingerprint density at radius 1 is 1.11 bits per heavy atom. The maximum absolute atomic E-state index is 13.2. The van der Waals surface area contributed by atoms with Gasteiger partial charge in [0.2, 0.25) is 0 Å². The minimum absolute atomic E-state index is 0.0147. The van der Waals surface area contributed by atoms with Gasteiger partial charge < -0.3 is 5.73 Å². The zero-order valence-corrected chi connectivity index (χ0v) is 11.0. The van der Waals surface area contributed by atoms with Gasteiger partial charge in [0.25, 0.3) is 0 Å². The zero-order valence-electron chi connectivity index (χ0n) is 11.0. The fourth-order valence-corrected chi connectivity index (χ4v) is 2.01. The van der Waals surface area contributed by atoms with Gasteiger partial charge >= 0.3 is 0 Å². The molecule has 0 saturated heterocycles. The van der Waals surface area contributed by atoms with E-state index in [4.69, 9.17) is 5.73 Å².